The number of hydrogen-bond donors (Lipinski definition) is 3. The van der Waals surface area contributed by atoms with Crippen molar-refractivity contribution >= 4 is 34.2 Å². The fraction of sp³-hybridized carbons (Fsp3) is 0.167. The first kappa shape index (κ1) is 13.5. The van der Waals surface area contributed by atoms with Crippen LogP contribution in [0.3, 0.4) is 0 Å². The van der Waals surface area contributed by atoms with E-state index >= 15 is 0 Å². The average Bonchev–Trinajstić information content (AvgIpc) is 3.05. The molecular weight excluding hydrogens is 290 g/mol. The van der Waals surface area contributed by atoms with Crippen molar-refractivity contribution in [2.24, 2.45) is 5.84 Å². The van der Waals surface area contributed by atoms with Crippen LogP contribution in [0.25, 0.3) is 11.2 Å². The number of nitrogens with two attached hydrogens (primary N) is 2. The van der Waals surface area contributed by atoms with E-state index in [0.717, 1.165) is 10.4 Å². The Morgan fingerprint density at radius 3 is 3.00 bits per heavy atom. The molecule has 0 aromatic carbocycles. The lowest BCUT2D eigenvalue weighted by molar-refractivity contribution is 0.0957. The smallest absolute Gasteiger partial charge is 0.275 e. The number of nitrogens with one attached hydrogen (secondary N) is 1. The first-order valence-corrected chi connectivity index (χ1v) is 6.93. The second kappa shape index (κ2) is 5.11. The standard InChI is InChI=1S/C12H13N7OS/c1-6-7(2-8(21-6)12(20)18-14)3-19-5-17-9-10(13)15-4-16-11(9)19/h2,4-5H,3,14H2,1H3,(H,18,20)(H2,13,15,16). The van der Waals surface area contributed by atoms with Gasteiger partial charge in [0.15, 0.2) is 11.5 Å². The molecule has 0 aliphatic carbocycles. The van der Waals surface area contributed by atoms with Crippen LogP contribution in [-0.4, -0.2) is 25.4 Å². The van der Waals surface area contributed by atoms with Gasteiger partial charge in [0.25, 0.3) is 5.91 Å². The number of aromatic nitrogens is 4. The minimum absolute atomic E-state index is 0.295. The molecule has 8 nitrogen and oxygen atoms in total. The van der Waals surface area contributed by atoms with Crippen LogP contribution in [0.15, 0.2) is 18.7 Å². The third kappa shape index (κ3) is 2.32. The maximum Gasteiger partial charge on any atom is 0.275 e. The maximum atomic E-state index is 11.6. The van der Waals surface area contributed by atoms with E-state index in [1.165, 1.54) is 17.7 Å². The highest BCUT2D eigenvalue weighted by atomic mass is 32.1. The van der Waals surface area contributed by atoms with Crippen molar-refractivity contribution in [3.8, 4) is 0 Å². The lowest BCUT2D eigenvalue weighted by Crippen LogP contribution is -2.29. The van der Waals surface area contributed by atoms with Crippen molar-refractivity contribution < 1.29 is 4.79 Å². The van der Waals surface area contributed by atoms with Crippen molar-refractivity contribution in [2.75, 3.05) is 5.73 Å². The fourth-order valence-corrected chi connectivity index (χ4v) is 3.00. The van der Waals surface area contributed by atoms with Gasteiger partial charge in [0, 0.05) is 4.88 Å². The van der Waals surface area contributed by atoms with E-state index in [1.807, 2.05) is 17.6 Å². The second-order valence-corrected chi connectivity index (χ2v) is 5.73. The number of carbonyl (C=O) groups is 1. The minimum atomic E-state index is -0.295. The third-order valence-electron chi connectivity index (χ3n) is 3.15. The Bertz CT molecular complexity index is 822. The molecule has 0 atom stereocenters. The van der Waals surface area contributed by atoms with Gasteiger partial charge < -0.3 is 10.3 Å². The molecule has 0 unspecified atom stereocenters. The summed E-state index contributed by atoms with van der Waals surface area (Å²) in [5.41, 5.74) is 10.1. The monoisotopic (exact) mass is 303 g/mol. The molecular formula is C12H13N7OS. The van der Waals surface area contributed by atoms with E-state index in [2.05, 4.69) is 20.4 Å². The van der Waals surface area contributed by atoms with Gasteiger partial charge in [-0.15, -0.1) is 11.3 Å². The normalized spacial score (nSPS) is 11.0. The fourth-order valence-electron chi connectivity index (χ4n) is 2.06. The predicted molar refractivity (Wildman–Crippen MR) is 79.5 cm³/mol. The number of hydrazine groups is 1. The second-order valence-electron chi connectivity index (χ2n) is 4.47. The number of thiophene rings is 1. The molecule has 21 heavy (non-hydrogen) atoms. The van der Waals surface area contributed by atoms with Crippen LogP contribution >= 0.6 is 11.3 Å². The van der Waals surface area contributed by atoms with Crippen LogP contribution < -0.4 is 17.0 Å². The van der Waals surface area contributed by atoms with Gasteiger partial charge in [-0.3, -0.25) is 10.2 Å². The lowest BCUT2D eigenvalue weighted by atomic mass is 10.2. The van der Waals surface area contributed by atoms with Gasteiger partial charge in [-0.05, 0) is 18.6 Å². The van der Waals surface area contributed by atoms with Crippen LogP contribution in [0.5, 0.6) is 0 Å². The molecule has 0 spiro atoms. The number of amides is 1. The molecule has 0 radical (unpaired) electrons. The molecule has 0 saturated heterocycles. The highest BCUT2D eigenvalue weighted by Crippen LogP contribution is 2.24. The summed E-state index contributed by atoms with van der Waals surface area (Å²) in [5.74, 6) is 5.21. The van der Waals surface area contributed by atoms with Crippen LogP contribution in [0, 0.1) is 6.92 Å². The molecule has 3 aromatic rings. The molecule has 0 saturated carbocycles. The number of fused-ring (bicyclic) bond motifs is 1. The molecule has 3 heterocycles. The van der Waals surface area contributed by atoms with Gasteiger partial charge in [-0.25, -0.2) is 20.8 Å². The highest BCUT2D eigenvalue weighted by molar-refractivity contribution is 7.14. The zero-order chi connectivity index (χ0) is 15.0. The van der Waals surface area contributed by atoms with Gasteiger partial charge in [0.05, 0.1) is 17.7 Å². The van der Waals surface area contributed by atoms with Crippen LogP contribution in [0.1, 0.15) is 20.1 Å². The summed E-state index contributed by atoms with van der Waals surface area (Å²) in [4.78, 5) is 25.5. The quantitative estimate of drug-likeness (QED) is 0.366. The van der Waals surface area contributed by atoms with Crippen LogP contribution in [0.2, 0.25) is 0 Å². The first-order chi connectivity index (χ1) is 10.1. The average molecular weight is 303 g/mol. The Labute approximate surface area is 123 Å². The Hall–Kier alpha value is -2.52. The summed E-state index contributed by atoms with van der Waals surface area (Å²) in [6, 6.07) is 1.82. The van der Waals surface area contributed by atoms with Gasteiger partial charge in [-0.1, -0.05) is 0 Å². The van der Waals surface area contributed by atoms with Crippen molar-refractivity contribution in [1.29, 1.82) is 0 Å². The van der Waals surface area contributed by atoms with E-state index in [1.54, 1.807) is 6.33 Å². The molecule has 3 rings (SSSR count). The lowest BCUT2D eigenvalue weighted by Gasteiger charge is -2.03. The van der Waals surface area contributed by atoms with Crippen molar-refractivity contribution in [3.63, 3.8) is 0 Å². The van der Waals surface area contributed by atoms with Crippen molar-refractivity contribution in [2.45, 2.75) is 13.5 Å². The summed E-state index contributed by atoms with van der Waals surface area (Å²) in [5, 5.41) is 0. The SMILES string of the molecule is Cc1sc(C(=O)NN)cc1Cn1cnc2c(N)ncnc21. The number of anilines is 1. The molecule has 0 fully saturated rings. The van der Waals surface area contributed by atoms with E-state index in [4.69, 9.17) is 11.6 Å². The molecule has 1 amide bonds. The number of carbonyl (C=O) groups excluding carboxylic acids is 1. The van der Waals surface area contributed by atoms with Crippen LogP contribution in [-0.2, 0) is 6.54 Å². The number of aryl methyl sites for hydroxylation is 1. The summed E-state index contributed by atoms with van der Waals surface area (Å²) in [7, 11) is 0. The Morgan fingerprint density at radius 2 is 2.24 bits per heavy atom. The molecule has 0 aliphatic heterocycles. The number of nitrogens with zero attached hydrogens (tertiary/aromatic N) is 4. The number of hydrogen-bond acceptors (Lipinski definition) is 7. The third-order valence-corrected chi connectivity index (χ3v) is 4.24. The maximum absolute atomic E-state index is 11.6. The minimum Gasteiger partial charge on any atom is -0.382 e. The largest absolute Gasteiger partial charge is 0.382 e. The summed E-state index contributed by atoms with van der Waals surface area (Å²) in [6.07, 6.45) is 3.07. The highest BCUT2D eigenvalue weighted by Gasteiger charge is 2.14. The molecule has 108 valence electrons. The number of rotatable bonds is 3. The molecule has 9 heteroatoms. The summed E-state index contributed by atoms with van der Waals surface area (Å²) >= 11 is 1.39. The molecule has 0 aliphatic rings. The van der Waals surface area contributed by atoms with E-state index in [9.17, 15) is 4.79 Å². The zero-order valence-electron chi connectivity index (χ0n) is 11.2. The Balaban J connectivity index is 1.97. The summed E-state index contributed by atoms with van der Waals surface area (Å²) in [6.45, 7) is 2.50. The Kier molecular flexibility index (Phi) is 3.28. The van der Waals surface area contributed by atoms with Gasteiger partial charge in [0.2, 0.25) is 0 Å². The molecule has 5 N–H and O–H groups in total. The predicted octanol–water partition coefficient (Wildman–Crippen LogP) is 0.430. The molecule has 0 bridgehead atoms. The van der Waals surface area contributed by atoms with Crippen molar-refractivity contribution in [3.05, 3.63) is 34.0 Å². The van der Waals surface area contributed by atoms with Gasteiger partial charge in [0.1, 0.15) is 11.8 Å². The van der Waals surface area contributed by atoms with Gasteiger partial charge >= 0.3 is 0 Å². The van der Waals surface area contributed by atoms with E-state index < -0.39 is 0 Å². The number of imidazole rings is 1. The van der Waals surface area contributed by atoms with E-state index in [0.29, 0.717) is 28.4 Å². The van der Waals surface area contributed by atoms with E-state index in [-0.39, 0.29) is 5.91 Å². The Morgan fingerprint density at radius 1 is 1.43 bits per heavy atom. The summed E-state index contributed by atoms with van der Waals surface area (Å²) < 4.78 is 1.87. The van der Waals surface area contributed by atoms with Crippen molar-refractivity contribution in [1.82, 2.24) is 24.9 Å². The topological polar surface area (TPSA) is 125 Å². The van der Waals surface area contributed by atoms with Crippen LogP contribution in [0.4, 0.5) is 5.82 Å². The first-order valence-electron chi connectivity index (χ1n) is 6.11. The molecule has 3 aromatic heterocycles. The van der Waals surface area contributed by atoms with Gasteiger partial charge in [-0.2, -0.15) is 0 Å². The zero-order valence-corrected chi connectivity index (χ0v) is 12.0. The number of nitrogen functional groups attached to an aromatic ring is 2.